The second-order valence-electron chi connectivity index (χ2n) is 7.49. The zero-order valence-electron chi connectivity index (χ0n) is 18.3. The predicted molar refractivity (Wildman–Crippen MR) is 113 cm³/mol. The molecule has 0 unspecified atom stereocenters. The van der Waals surface area contributed by atoms with Crippen LogP contribution in [0.5, 0.6) is 0 Å². The van der Waals surface area contributed by atoms with Crippen molar-refractivity contribution in [2.45, 2.75) is 77.9 Å². The lowest BCUT2D eigenvalue weighted by Crippen LogP contribution is -2.46. The van der Waals surface area contributed by atoms with Crippen molar-refractivity contribution in [3.8, 4) is 0 Å². The average Bonchev–Trinajstić information content (AvgIpc) is 3.32. The van der Waals surface area contributed by atoms with Crippen molar-refractivity contribution in [3.63, 3.8) is 0 Å². The third-order valence-electron chi connectivity index (χ3n) is 5.18. The quantitative estimate of drug-likeness (QED) is 0.567. The molecular weight excluding hydrogens is 402 g/mol. The molecule has 2 aromatic rings. The maximum atomic E-state index is 12.4. The van der Waals surface area contributed by atoms with Crippen LogP contribution in [0.1, 0.15) is 67.0 Å². The smallest absolute Gasteiger partial charge is 0.290 e. The number of nitrogens with one attached hydrogen (secondary N) is 2. The summed E-state index contributed by atoms with van der Waals surface area (Å²) in [6, 6.07) is 0.106. The van der Waals surface area contributed by atoms with Gasteiger partial charge in [0.1, 0.15) is 5.82 Å². The summed E-state index contributed by atoms with van der Waals surface area (Å²) in [5, 5.41) is 13.0. The molecule has 170 valence electrons. The van der Waals surface area contributed by atoms with Gasteiger partial charge in [-0.15, -0.1) is 0 Å². The summed E-state index contributed by atoms with van der Waals surface area (Å²) < 4.78 is 7.41. The molecule has 3 rings (SSSR count). The van der Waals surface area contributed by atoms with Gasteiger partial charge < -0.3 is 24.7 Å². The number of oxazole rings is 1. The number of amides is 2. The maximum absolute atomic E-state index is 12.4. The van der Waals surface area contributed by atoms with Crippen LogP contribution in [0.25, 0.3) is 0 Å². The number of aryl methyl sites for hydroxylation is 4. The summed E-state index contributed by atoms with van der Waals surface area (Å²) in [7, 11) is 0. The van der Waals surface area contributed by atoms with Crippen molar-refractivity contribution in [2.24, 2.45) is 0 Å². The van der Waals surface area contributed by atoms with E-state index in [2.05, 4.69) is 27.5 Å². The van der Waals surface area contributed by atoms with Crippen LogP contribution in [0.15, 0.2) is 16.8 Å². The lowest BCUT2D eigenvalue weighted by molar-refractivity contribution is -0.123. The Morgan fingerprint density at radius 1 is 1.29 bits per heavy atom. The Labute approximate surface area is 181 Å². The number of hydrogen-bond donors (Lipinski definition) is 3. The number of imidazole rings is 1. The molecule has 0 bridgehead atoms. The summed E-state index contributed by atoms with van der Waals surface area (Å²) in [5.41, 5.74) is 0.599. The van der Waals surface area contributed by atoms with E-state index in [-0.39, 0.29) is 36.1 Å². The van der Waals surface area contributed by atoms with Crippen molar-refractivity contribution < 1.29 is 23.9 Å². The lowest BCUT2D eigenvalue weighted by Gasteiger charge is -2.30. The molecule has 0 saturated heterocycles. The van der Waals surface area contributed by atoms with Crippen molar-refractivity contribution >= 4 is 18.3 Å². The number of nitrogens with zero attached hydrogens (tertiary/aromatic N) is 3. The van der Waals surface area contributed by atoms with Gasteiger partial charge in [-0.25, -0.2) is 9.97 Å². The first-order valence-corrected chi connectivity index (χ1v) is 10.5. The van der Waals surface area contributed by atoms with E-state index in [0.717, 1.165) is 37.9 Å². The molecule has 0 aliphatic heterocycles. The van der Waals surface area contributed by atoms with Crippen molar-refractivity contribution in [1.29, 1.82) is 0 Å². The molecule has 2 atom stereocenters. The third kappa shape index (κ3) is 7.23. The Hall–Kier alpha value is -3.17. The van der Waals surface area contributed by atoms with Crippen molar-refractivity contribution in [1.82, 2.24) is 25.2 Å². The first-order chi connectivity index (χ1) is 14.9. The van der Waals surface area contributed by atoms with Gasteiger partial charge in [-0.3, -0.25) is 14.4 Å². The Balaban J connectivity index is 0.00000107. The van der Waals surface area contributed by atoms with E-state index < -0.39 is 0 Å². The SMILES string of the molecule is CCc1nccn1CCC(=O)N[C@@H]1CCC[C@@H](NC(=O)c2oc(C)nc2C)C1.O=CO. The minimum Gasteiger partial charge on any atom is -0.483 e. The van der Waals surface area contributed by atoms with Gasteiger partial charge in [-0.1, -0.05) is 6.92 Å². The fourth-order valence-electron chi connectivity index (χ4n) is 3.82. The molecular formula is C21H31N5O5. The van der Waals surface area contributed by atoms with Gasteiger partial charge in [0.05, 0.1) is 5.69 Å². The van der Waals surface area contributed by atoms with Crippen LogP contribution < -0.4 is 10.6 Å². The van der Waals surface area contributed by atoms with Gasteiger partial charge in [0.15, 0.2) is 5.89 Å². The monoisotopic (exact) mass is 433 g/mol. The third-order valence-corrected chi connectivity index (χ3v) is 5.18. The zero-order chi connectivity index (χ0) is 22.8. The molecule has 10 heteroatoms. The molecule has 1 saturated carbocycles. The number of rotatable bonds is 7. The highest BCUT2D eigenvalue weighted by atomic mass is 16.4. The lowest BCUT2D eigenvalue weighted by atomic mass is 9.90. The molecule has 1 aliphatic carbocycles. The Morgan fingerprint density at radius 2 is 1.97 bits per heavy atom. The summed E-state index contributed by atoms with van der Waals surface area (Å²) >= 11 is 0. The second-order valence-corrected chi connectivity index (χ2v) is 7.49. The first-order valence-electron chi connectivity index (χ1n) is 10.5. The van der Waals surface area contributed by atoms with E-state index in [9.17, 15) is 9.59 Å². The Morgan fingerprint density at radius 3 is 2.58 bits per heavy atom. The normalized spacial score (nSPS) is 17.9. The van der Waals surface area contributed by atoms with E-state index in [0.29, 0.717) is 24.6 Å². The standard InChI is InChI=1S/C20H29N5O3.CH2O2/c1-4-17-21-9-11-25(17)10-8-18(26)23-15-6-5-7-16(12-15)24-20(27)19-13(2)22-14(3)28-19;2-1-3/h9,11,15-16H,4-8,10,12H2,1-3H3,(H,23,26)(H,24,27);1H,(H,2,3)/t15-,16-;/m1./s1. The van der Waals surface area contributed by atoms with Gasteiger partial charge in [0.25, 0.3) is 12.4 Å². The topological polar surface area (TPSA) is 139 Å². The predicted octanol–water partition coefficient (Wildman–Crippen LogP) is 2.00. The molecule has 2 aromatic heterocycles. The van der Waals surface area contributed by atoms with Crippen LogP contribution in [0.3, 0.4) is 0 Å². The van der Waals surface area contributed by atoms with Crippen LogP contribution in [0, 0.1) is 13.8 Å². The van der Waals surface area contributed by atoms with Crippen LogP contribution in [-0.4, -0.2) is 50.0 Å². The van der Waals surface area contributed by atoms with E-state index in [4.69, 9.17) is 14.3 Å². The Bertz CT molecular complexity index is 875. The number of carbonyl (C=O) groups excluding carboxylic acids is 2. The van der Waals surface area contributed by atoms with E-state index >= 15 is 0 Å². The molecule has 31 heavy (non-hydrogen) atoms. The van der Waals surface area contributed by atoms with Crippen LogP contribution >= 0.6 is 0 Å². The number of hydrogen-bond acceptors (Lipinski definition) is 6. The largest absolute Gasteiger partial charge is 0.483 e. The summed E-state index contributed by atoms with van der Waals surface area (Å²) in [6.07, 6.45) is 8.48. The molecule has 3 N–H and O–H groups in total. The summed E-state index contributed by atoms with van der Waals surface area (Å²) in [6.45, 7) is 5.92. The highest BCUT2D eigenvalue weighted by Gasteiger charge is 2.26. The molecule has 1 fully saturated rings. The highest BCUT2D eigenvalue weighted by molar-refractivity contribution is 5.92. The van der Waals surface area contributed by atoms with Crippen LogP contribution in [0.4, 0.5) is 0 Å². The number of carbonyl (C=O) groups is 3. The average molecular weight is 434 g/mol. The number of aromatic nitrogens is 3. The minimum atomic E-state index is -0.250. The molecule has 0 radical (unpaired) electrons. The molecule has 0 aromatic carbocycles. The van der Waals surface area contributed by atoms with Crippen LogP contribution in [0.2, 0.25) is 0 Å². The fourth-order valence-corrected chi connectivity index (χ4v) is 3.82. The molecule has 2 amide bonds. The van der Waals surface area contributed by atoms with E-state index in [1.165, 1.54) is 0 Å². The maximum Gasteiger partial charge on any atom is 0.290 e. The zero-order valence-corrected chi connectivity index (χ0v) is 18.3. The van der Waals surface area contributed by atoms with Gasteiger partial charge in [-0.05, 0) is 32.6 Å². The van der Waals surface area contributed by atoms with E-state index in [1.54, 1.807) is 20.0 Å². The minimum absolute atomic E-state index is 0.0247. The van der Waals surface area contributed by atoms with Gasteiger partial charge in [0, 0.05) is 50.8 Å². The Kier molecular flexibility index (Phi) is 9.23. The van der Waals surface area contributed by atoms with E-state index in [1.807, 2.05) is 10.8 Å². The van der Waals surface area contributed by atoms with Gasteiger partial charge in [-0.2, -0.15) is 0 Å². The highest BCUT2D eigenvalue weighted by Crippen LogP contribution is 2.20. The van der Waals surface area contributed by atoms with Crippen molar-refractivity contribution in [2.75, 3.05) is 0 Å². The molecule has 0 spiro atoms. The van der Waals surface area contributed by atoms with Crippen LogP contribution in [-0.2, 0) is 22.6 Å². The summed E-state index contributed by atoms with van der Waals surface area (Å²) in [4.78, 5) is 41.6. The molecule has 2 heterocycles. The van der Waals surface area contributed by atoms with Crippen molar-refractivity contribution in [3.05, 3.63) is 35.6 Å². The molecule has 10 nitrogen and oxygen atoms in total. The van der Waals surface area contributed by atoms with Gasteiger partial charge >= 0.3 is 0 Å². The van der Waals surface area contributed by atoms with Gasteiger partial charge in [0.2, 0.25) is 11.7 Å². The summed E-state index contributed by atoms with van der Waals surface area (Å²) in [5.74, 6) is 1.55. The second kappa shape index (κ2) is 11.9. The molecule has 1 aliphatic rings. The fraction of sp³-hybridized carbons (Fsp3) is 0.571. The first kappa shape index (κ1) is 24.1. The number of carboxylic acid groups (broad SMARTS) is 1.